The molecule has 0 amide bonds. The van der Waals surface area contributed by atoms with Crippen molar-refractivity contribution in [3.05, 3.63) is 30.1 Å². The van der Waals surface area contributed by atoms with Gasteiger partial charge in [-0.15, -0.1) is 0 Å². The van der Waals surface area contributed by atoms with Gasteiger partial charge in [-0.3, -0.25) is 4.79 Å². The van der Waals surface area contributed by atoms with Gasteiger partial charge in [-0.25, -0.2) is 18.1 Å². The molecule has 0 aliphatic carbocycles. The van der Waals surface area contributed by atoms with E-state index in [4.69, 9.17) is 9.47 Å². The fraction of sp³-hybridized carbons (Fsp3) is 0.571. The normalized spacial score (nSPS) is 15.9. The highest BCUT2D eigenvalue weighted by Crippen LogP contribution is 2.29. The van der Waals surface area contributed by atoms with E-state index in [1.165, 1.54) is 13.8 Å². The minimum absolute atomic E-state index is 0.133. The van der Waals surface area contributed by atoms with E-state index < -0.39 is 25.6 Å². The van der Waals surface area contributed by atoms with Gasteiger partial charge in [0.2, 0.25) is 0 Å². The number of benzene rings is 1. The summed E-state index contributed by atoms with van der Waals surface area (Å²) in [6.45, 7) is 6.30. The minimum atomic E-state index is -3.66. The van der Waals surface area contributed by atoms with Gasteiger partial charge in [0.15, 0.2) is 27.3 Å². The lowest BCUT2D eigenvalue weighted by molar-refractivity contribution is -0.120. The molecule has 164 valence electrons. The fourth-order valence-electron chi connectivity index (χ4n) is 3.56. The molecule has 2 heterocycles. The third kappa shape index (κ3) is 4.27. The van der Waals surface area contributed by atoms with Gasteiger partial charge in [-0.05, 0) is 57.9 Å². The summed E-state index contributed by atoms with van der Waals surface area (Å²) in [6.07, 6.45) is 0.707. The Kier molecular flexibility index (Phi) is 6.62. The molecule has 1 fully saturated rings. The molecule has 2 aromatic rings. The van der Waals surface area contributed by atoms with Crippen LogP contribution in [0.3, 0.4) is 0 Å². The van der Waals surface area contributed by atoms with E-state index >= 15 is 0 Å². The maximum absolute atomic E-state index is 13.1. The largest absolute Gasteiger partial charge is 0.497 e. The van der Waals surface area contributed by atoms with Crippen LogP contribution in [0.1, 0.15) is 39.4 Å². The number of methoxy groups -OCH3 is 1. The van der Waals surface area contributed by atoms with Crippen LogP contribution in [0.2, 0.25) is 0 Å². The molecule has 0 saturated carbocycles. The summed E-state index contributed by atoms with van der Waals surface area (Å²) in [7, 11) is -2.05. The first kappa shape index (κ1) is 22.4. The van der Waals surface area contributed by atoms with Crippen LogP contribution in [-0.2, 0) is 32.3 Å². The summed E-state index contributed by atoms with van der Waals surface area (Å²) < 4.78 is 36.9. The highest BCUT2D eigenvalue weighted by molar-refractivity contribution is 7.94. The molecule has 9 heteroatoms. The molecule has 1 aromatic carbocycles. The van der Waals surface area contributed by atoms with Gasteiger partial charge in [0, 0.05) is 25.3 Å². The van der Waals surface area contributed by atoms with Gasteiger partial charge < -0.3 is 9.47 Å². The third-order valence-electron chi connectivity index (χ3n) is 5.67. The van der Waals surface area contributed by atoms with E-state index in [1.54, 1.807) is 11.8 Å². The second kappa shape index (κ2) is 8.85. The number of sulfone groups is 1. The number of rotatable bonds is 8. The average molecular weight is 436 g/mol. The SMILES string of the molecule is CCn1nc(CC(=O)C(C)(C)S(=O)(=O)C2CCOCC2)nc1-c1ccc(OC)cc1. The van der Waals surface area contributed by atoms with Crippen molar-refractivity contribution in [3.63, 3.8) is 0 Å². The maximum atomic E-state index is 13.1. The van der Waals surface area contributed by atoms with Crippen molar-refractivity contribution in [2.75, 3.05) is 20.3 Å². The molecule has 0 atom stereocenters. The predicted molar refractivity (Wildman–Crippen MR) is 113 cm³/mol. The maximum Gasteiger partial charge on any atom is 0.165 e. The molecule has 0 spiro atoms. The van der Waals surface area contributed by atoms with Gasteiger partial charge >= 0.3 is 0 Å². The second-order valence-corrected chi connectivity index (χ2v) is 10.6. The molecule has 1 aliphatic rings. The topological polar surface area (TPSA) is 100 Å². The van der Waals surface area contributed by atoms with Crippen molar-refractivity contribution >= 4 is 15.6 Å². The summed E-state index contributed by atoms with van der Waals surface area (Å²) in [6, 6.07) is 7.41. The first-order chi connectivity index (χ1) is 14.2. The van der Waals surface area contributed by atoms with Crippen LogP contribution in [0.4, 0.5) is 0 Å². The molecule has 0 radical (unpaired) electrons. The summed E-state index contributed by atoms with van der Waals surface area (Å²) in [5, 5.41) is 3.88. The Bertz CT molecular complexity index is 990. The molecule has 0 bridgehead atoms. The van der Waals surface area contributed by atoms with Crippen molar-refractivity contribution in [3.8, 4) is 17.1 Å². The number of hydrogen-bond acceptors (Lipinski definition) is 7. The van der Waals surface area contributed by atoms with Gasteiger partial charge in [0.1, 0.15) is 10.5 Å². The van der Waals surface area contributed by atoms with Crippen LogP contribution >= 0.6 is 0 Å². The Morgan fingerprint density at radius 2 is 1.87 bits per heavy atom. The second-order valence-electron chi connectivity index (χ2n) is 7.86. The summed E-state index contributed by atoms with van der Waals surface area (Å²) in [4.78, 5) is 17.6. The monoisotopic (exact) mass is 435 g/mol. The van der Waals surface area contributed by atoms with Crippen LogP contribution in [0.5, 0.6) is 5.75 Å². The van der Waals surface area contributed by atoms with E-state index in [2.05, 4.69) is 10.1 Å². The zero-order valence-electron chi connectivity index (χ0n) is 17.9. The van der Waals surface area contributed by atoms with Gasteiger partial charge in [0.05, 0.1) is 18.8 Å². The van der Waals surface area contributed by atoms with E-state index in [1.807, 2.05) is 31.2 Å². The predicted octanol–water partition coefficient (Wildman–Crippen LogP) is 2.46. The molecule has 1 aliphatic heterocycles. The summed E-state index contributed by atoms with van der Waals surface area (Å²) in [5.74, 6) is 1.29. The summed E-state index contributed by atoms with van der Waals surface area (Å²) >= 11 is 0. The van der Waals surface area contributed by atoms with Gasteiger partial charge in [0.25, 0.3) is 0 Å². The Morgan fingerprint density at radius 1 is 1.23 bits per heavy atom. The van der Waals surface area contributed by atoms with Crippen LogP contribution in [0.25, 0.3) is 11.4 Å². The van der Waals surface area contributed by atoms with E-state index in [-0.39, 0.29) is 6.42 Å². The zero-order chi connectivity index (χ0) is 21.9. The molecule has 30 heavy (non-hydrogen) atoms. The lowest BCUT2D eigenvalue weighted by atomic mass is 10.1. The van der Waals surface area contributed by atoms with Gasteiger partial charge in [-0.1, -0.05) is 0 Å². The van der Waals surface area contributed by atoms with Gasteiger partial charge in [-0.2, -0.15) is 5.10 Å². The molecular weight excluding hydrogens is 406 g/mol. The number of carbonyl (C=O) groups excluding carboxylic acids is 1. The van der Waals surface area contributed by atoms with Crippen LogP contribution in [0, 0.1) is 0 Å². The Hall–Kier alpha value is -2.26. The quantitative estimate of drug-likeness (QED) is 0.628. The number of nitrogens with zero attached hydrogens (tertiary/aromatic N) is 3. The highest BCUT2D eigenvalue weighted by atomic mass is 32.2. The zero-order valence-corrected chi connectivity index (χ0v) is 18.7. The van der Waals surface area contributed by atoms with Crippen molar-refractivity contribution in [2.24, 2.45) is 0 Å². The van der Waals surface area contributed by atoms with Crippen molar-refractivity contribution < 1.29 is 22.7 Å². The van der Waals surface area contributed by atoms with Crippen molar-refractivity contribution in [1.29, 1.82) is 0 Å². The van der Waals surface area contributed by atoms with Crippen LogP contribution in [0.15, 0.2) is 24.3 Å². The third-order valence-corrected chi connectivity index (χ3v) is 8.67. The van der Waals surface area contributed by atoms with Crippen molar-refractivity contribution in [2.45, 2.75) is 56.6 Å². The van der Waals surface area contributed by atoms with Crippen LogP contribution in [-0.4, -0.2) is 59.3 Å². The molecule has 3 rings (SSSR count). The number of aromatic nitrogens is 3. The average Bonchev–Trinajstić information content (AvgIpc) is 3.17. The number of ketones is 1. The first-order valence-electron chi connectivity index (χ1n) is 10.1. The van der Waals surface area contributed by atoms with Crippen molar-refractivity contribution in [1.82, 2.24) is 14.8 Å². The number of Topliss-reactive ketones (excluding diaryl/α,β-unsaturated/α-hetero) is 1. The number of ether oxygens (including phenoxy) is 2. The molecule has 0 unspecified atom stereocenters. The number of carbonyl (C=O) groups is 1. The smallest absolute Gasteiger partial charge is 0.165 e. The fourth-order valence-corrected chi connectivity index (χ4v) is 5.59. The lowest BCUT2D eigenvalue weighted by Crippen LogP contribution is -2.48. The minimum Gasteiger partial charge on any atom is -0.497 e. The number of hydrogen-bond donors (Lipinski definition) is 0. The summed E-state index contributed by atoms with van der Waals surface area (Å²) in [5.41, 5.74) is 0.845. The molecule has 1 aromatic heterocycles. The van der Waals surface area contributed by atoms with E-state index in [0.29, 0.717) is 44.2 Å². The molecule has 1 saturated heterocycles. The van der Waals surface area contributed by atoms with Crippen LogP contribution < -0.4 is 4.74 Å². The number of aryl methyl sites for hydroxylation is 1. The standard InChI is InChI=1S/C21H29N3O5S/c1-5-24-20(15-6-8-16(28-4)9-7-15)22-19(23-24)14-18(25)21(2,3)30(26,27)17-10-12-29-13-11-17/h6-9,17H,5,10-14H2,1-4H3. The first-order valence-corrected chi connectivity index (χ1v) is 11.7. The van der Waals surface area contributed by atoms with E-state index in [0.717, 1.165) is 11.3 Å². The molecular formula is C21H29N3O5S. The molecule has 0 N–H and O–H groups in total. The Morgan fingerprint density at radius 3 is 2.43 bits per heavy atom. The molecule has 8 nitrogen and oxygen atoms in total. The highest BCUT2D eigenvalue weighted by Gasteiger charge is 2.46. The lowest BCUT2D eigenvalue weighted by Gasteiger charge is -2.30. The Labute approximate surface area is 177 Å². The van der Waals surface area contributed by atoms with E-state index in [9.17, 15) is 13.2 Å². The Balaban J connectivity index is 1.82.